The van der Waals surface area contributed by atoms with Crippen LogP contribution in [-0.4, -0.2) is 60.2 Å². The maximum atomic E-state index is 13.0. The first-order valence-electron chi connectivity index (χ1n) is 10.9. The second-order valence-corrected chi connectivity index (χ2v) is 10.2. The molecule has 4 rings (SSSR count). The third kappa shape index (κ3) is 4.73. The zero-order valence-electron chi connectivity index (χ0n) is 18.4. The van der Waals surface area contributed by atoms with E-state index in [1.165, 1.54) is 19.2 Å². The molecule has 11 heteroatoms. The van der Waals surface area contributed by atoms with Crippen molar-refractivity contribution in [3.05, 3.63) is 29.8 Å². The minimum Gasteiger partial charge on any atom is -0.490 e. The number of nitrogens with zero attached hydrogens (tertiary/aromatic N) is 4. The molecule has 1 aromatic heterocycles. The monoisotopic (exact) mass is 463 g/mol. The van der Waals surface area contributed by atoms with Gasteiger partial charge in [0.05, 0.1) is 30.7 Å². The topological polar surface area (TPSA) is 116 Å². The minimum absolute atomic E-state index is 0.0490. The molecule has 0 fully saturated rings. The highest BCUT2D eigenvalue weighted by Gasteiger charge is 2.27. The van der Waals surface area contributed by atoms with E-state index in [1.54, 1.807) is 6.07 Å². The van der Waals surface area contributed by atoms with Crippen molar-refractivity contribution in [1.29, 1.82) is 0 Å². The molecule has 0 unspecified atom stereocenters. The zero-order chi connectivity index (χ0) is 22.7. The third-order valence-electron chi connectivity index (χ3n) is 5.70. The number of rotatable bonds is 6. The van der Waals surface area contributed by atoms with E-state index in [9.17, 15) is 13.2 Å². The highest BCUT2D eigenvalue weighted by Crippen LogP contribution is 2.32. The summed E-state index contributed by atoms with van der Waals surface area (Å²) < 4.78 is 40.3. The molecule has 1 amide bonds. The van der Waals surface area contributed by atoms with E-state index in [4.69, 9.17) is 9.47 Å². The van der Waals surface area contributed by atoms with Crippen LogP contribution in [0.25, 0.3) is 0 Å². The van der Waals surface area contributed by atoms with Crippen LogP contribution in [-0.2, 0) is 27.8 Å². The largest absolute Gasteiger partial charge is 0.490 e. The van der Waals surface area contributed by atoms with Crippen molar-refractivity contribution in [2.45, 2.75) is 56.5 Å². The number of amides is 1. The number of hydrogen-bond acceptors (Lipinski definition) is 7. The molecule has 0 spiro atoms. The van der Waals surface area contributed by atoms with Gasteiger partial charge in [-0.1, -0.05) is 6.42 Å². The van der Waals surface area contributed by atoms with Gasteiger partial charge in [0, 0.05) is 32.5 Å². The first-order chi connectivity index (χ1) is 15.4. The second-order valence-electron chi connectivity index (χ2n) is 8.15. The van der Waals surface area contributed by atoms with Crippen LogP contribution < -0.4 is 14.8 Å². The Morgan fingerprint density at radius 3 is 2.75 bits per heavy atom. The molecule has 0 bridgehead atoms. The number of nitrogens with one attached hydrogen (secondary N) is 1. The molecule has 1 N–H and O–H groups in total. The molecule has 32 heavy (non-hydrogen) atoms. The van der Waals surface area contributed by atoms with Gasteiger partial charge in [-0.15, -0.1) is 10.2 Å². The summed E-state index contributed by atoms with van der Waals surface area (Å²) >= 11 is 0. The van der Waals surface area contributed by atoms with Crippen LogP contribution in [0.1, 0.15) is 50.3 Å². The van der Waals surface area contributed by atoms with Crippen LogP contribution in [0.5, 0.6) is 11.5 Å². The van der Waals surface area contributed by atoms with Gasteiger partial charge in [0.2, 0.25) is 15.9 Å². The standard InChI is InChI=1S/C21H29N5O5S/c1-15(21-24-23-19-7-4-3-5-10-26(19)21)22-20(27)14-25(2)32(28,29)16-8-9-17-18(13-16)31-12-6-11-30-17/h8-9,13,15H,3-7,10-12,14H2,1-2H3,(H,22,27)/t15-/m1/s1. The van der Waals surface area contributed by atoms with Gasteiger partial charge in [0.15, 0.2) is 17.3 Å². The summed E-state index contributed by atoms with van der Waals surface area (Å²) in [5.74, 6) is 2.13. The van der Waals surface area contributed by atoms with Crippen molar-refractivity contribution < 1.29 is 22.7 Å². The van der Waals surface area contributed by atoms with E-state index < -0.39 is 15.9 Å². The van der Waals surface area contributed by atoms with Crippen LogP contribution in [0.4, 0.5) is 0 Å². The first-order valence-corrected chi connectivity index (χ1v) is 12.4. The lowest BCUT2D eigenvalue weighted by Gasteiger charge is -2.20. The van der Waals surface area contributed by atoms with Crippen LogP contribution in [0.3, 0.4) is 0 Å². The minimum atomic E-state index is -3.88. The van der Waals surface area contributed by atoms with Crippen molar-refractivity contribution in [3.63, 3.8) is 0 Å². The van der Waals surface area contributed by atoms with Crippen molar-refractivity contribution >= 4 is 15.9 Å². The van der Waals surface area contributed by atoms with Gasteiger partial charge < -0.3 is 19.4 Å². The summed E-state index contributed by atoms with van der Waals surface area (Å²) in [6.45, 7) is 3.32. The summed E-state index contributed by atoms with van der Waals surface area (Å²) in [5, 5.41) is 11.4. The van der Waals surface area contributed by atoms with E-state index >= 15 is 0 Å². The molecule has 2 aliphatic heterocycles. The lowest BCUT2D eigenvalue weighted by molar-refractivity contribution is -0.121. The lowest BCUT2D eigenvalue weighted by atomic mass is 10.2. The van der Waals surface area contributed by atoms with Gasteiger partial charge >= 0.3 is 0 Å². The number of fused-ring (bicyclic) bond motifs is 2. The Labute approximate surface area is 188 Å². The van der Waals surface area contributed by atoms with Crippen LogP contribution in [0.15, 0.2) is 23.1 Å². The number of aryl methyl sites for hydroxylation is 1. The predicted molar refractivity (Wildman–Crippen MR) is 116 cm³/mol. The number of aromatic nitrogens is 3. The van der Waals surface area contributed by atoms with E-state index in [0.29, 0.717) is 30.5 Å². The summed E-state index contributed by atoms with van der Waals surface area (Å²) in [5.41, 5.74) is 0. The Hall–Kier alpha value is -2.66. The first kappa shape index (κ1) is 22.5. The Morgan fingerprint density at radius 1 is 1.16 bits per heavy atom. The van der Waals surface area contributed by atoms with Crippen molar-refractivity contribution in [2.75, 3.05) is 26.8 Å². The second kappa shape index (κ2) is 9.45. The van der Waals surface area contributed by atoms with Gasteiger partial charge in [-0.3, -0.25) is 4.79 Å². The Morgan fingerprint density at radius 2 is 1.94 bits per heavy atom. The number of sulfonamides is 1. The number of carbonyl (C=O) groups is 1. The molecular weight excluding hydrogens is 434 g/mol. The van der Waals surface area contributed by atoms with Gasteiger partial charge in [-0.2, -0.15) is 4.31 Å². The Bertz CT molecular complexity index is 1080. The molecule has 3 heterocycles. The molecule has 0 aliphatic carbocycles. The Balaban J connectivity index is 1.42. The predicted octanol–water partition coefficient (Wildman–Crippen LogP) is 1.66. The van der Waals surface area contributed by atoms with E-state index in [1.807, 2.05) is 6.92 Å². The number of benzene rings is 1. The summed E-state index contributed by atoms with van der Waals surface area (Å²) in [6.07, 6.45) is 4.89. The van der Waals surface area contributed by atoms with Crippen molar-refractivity contribution in [3.8, 4) is 11.5 Å². The Kier molecular flexibility index (Phi) is 6.66. The summed E-state index contributed by atoms with van der Waals surface area (Å²) in [7, 11) is -2.50. The molecule has 1 aromatic carbocycles. The fourth-order valence-corrected chi connectivity index (χ4v) is 5.09. The molecular formula is C21H29N5O5S. The average molecular weight is 464 g/mol. The van der Waals surface area contributed by atoms with Gasteiger partial charge in [-0.25, -0.2) is 8.42 Å². The van der Waals surface area contributed by atoms with Gasteiger partial charge in [-0.05, 0) is 31.9 Å². The molecule has 2 aliphatic rings. The van der Waals surface area contributed by atoms with E-state index in [-0.39, 0.29) is 17.5 Å². The van der Waals surface area contributed by atoms with E-state index in [2.05, 4.69) is 20.1 Å². The van der Waals surface area contributed by atoms with Crippen LogP contribution in [0.2, 0.25) is 0 Å². The van der Waals surface area contributed by atoms with Gasteiger partial charge in [0.25, 0.3) is 0 Å². The normalized spacial score (nSPS) is 17.2. The van der Waals surface area contributed by atoms with Crippen molar-refractivity contribution in [2.24, 2.45) is 0 Å². The maximum absolute atomic E-state index is 13.0. The van der Waals surface area contributed by atoms with Gasteiger partial charge in [0.1, 0.15) is 5.82 Å². The number of ether oxygens (including phenoxy) is 2. The maximum Gasteiger partial charge on any atom is 0.243 e. The molecule has 2 aromatic rings. The highest BCUT2D eigenvalue weighted by atomic mass is 32.2. The molecule has 1 atom stereocenters. The highest BCUT2D eigenvalue weighted by molar-refractivity contribution is 7.89. The molecule has 0 saturated carbocycles. The van der Waals surface area contributed by atoms with Crippen LogP contribution >= 0.6 is 0 Å². The molecule has 0 radical (unpaired) electrons. The number of carbonyl (C=O) groups excluding carboxylic acids is 1. The van der Waals surface area contributed by atoms with Crippen molar-refractivity contribution in [1.82, 2.24) is 24.4 Å². The van der Waals surface area contributed by atoms with E-state index in [0.717, 1.165) is 48.8 Å². The zero-order valence-corrected chi connectivity index (χ0v) is 19.2. The van der Waals surface area contributed by atoms with Crippen LogP contribution in [0, 0.1) is 0 Å². The number of likely N-dealkylation sites (N-methyl/N-ethyl adjacent to an activating group) is 1. The fraction of sp³-hybridized carbons (Fsp3) is 0.571. The quantitative estimate of drug-likeness (QED) is 0.693. The smallest absolute Gasteiger partial charge is 0.243 e. The lowest BCUT2D eigenvalue weighted by Crippen LogP contribution is -2.39. The molecule has 10 nitrogen and oxygen atoms in total. The third-order valence-corrected chi connectivity index (χ3v) is 7.50. The fourth-order valence-electron chi connectivity index (χ4n) is 3.95. The number of hydrogen-bond donors (Lipinski definition) is 1. The SMILES string of the molecule is C[C@@H](NC(=O)CN(C)S(=O)(=O)c1ccc2c(c1)OCCCO2)c1nnc2n1CCCCC2. The molecule has 174 valence electrons. The summed E-state index contributed by atoms with van der Waals surface area (Å²) in [4.78, 5) is 12.7. The molecule has 0 saturated heterocycles. The average Bonchev–Trinajstić information content (AvgIpc) is 2.92. The summed E-state index contributed by atoms with van der Waals surface area (Å²) in [6, 6.07) is 4.11.